The highest BCUT2D eigenvalue weighted by Crippen LogP contribution is 2.34. The van der Waals surface area contributed by atoms with Gasteiger partial charge in [0.05, 0.1) is 0 Å². The molecule has 1 saturated carbocycles. The van der Waals surface area contributed by atoms with Crippen molar-refractivity contribution >= 4 is 5.97 Å². The number of carbonyl (C=O) groups excluding carboxylic acids is 1. The fraction of sp³-hybridized carbons (Fsp3) is 0.767. The lowest BCUT2D eigenvalue weighted by Crippen LogP contribution is -2.17. The van der Waals surface area contributed by atoms with Crippen LogP contribution in [-0.2, 0) is 11.2 Å². The first-order valence-electron chi connectivity index (χ1n) is 14.1. The van der Waals surface area contributed by atoms with Crippen molar-refractivity contribution in [3.63, 3.8) is 0 Å². The van der Waals surface area contributed by atoms with Gasteiger partial charge in [-0.15, -0.1) is 0 Å². The molecule has 0 radical (unpaired) electrons. The highest BCUT2D eigenvalue weighted by Gasteiger charge is 2.22. The molecule has 0 bridgehead atoms. The molecule has 0 amide bonds. The topological polar surface area (TPSA) is 26.3 Å². The van der Waals surface area contributed by atoms with Gasteiger partial charge in [0.25, 0.3) is 0 Å². The van der Waals surface area contributed by atoms with Gasteiger partial charge in [-0.25, -0.2) is 4.39 Å². The fourth-order valence-electron chi connectivity index (χ4n) is 5.24. The summed E-state index contributed by atoms with van der Waals surface area (Å²) in [6.45, 7) is 4.47. The number of benzene rings is 1. The Morgan fingerprint density at radius 3 is 2.03 bits per heavy atom. The number of unbranched alkanes of at least 4 members (excludes halogenated alkanes) is 9. The third-order valence-electron chi connectivity index (χ3n) is 7.49. The second-order valence-electron chi connectivity index (χ2n) is 10.4. The minimum absolute atomic E-state index is 0.226. The zero-order valence-electron chi connectivity index (χ0n) is 21.5. The van der Waals surface area contributed by atoms with E-state index in [1.54, 1.807) is 12.1 Å². The fourth-order valence-corrected chi connectivity index (χ4v) is 5.24. The molecule has 0 N–H and O–H groups in total. The molecule has 0 aromatic heterocycles. The van der Waals surface area contributed by atoms with Gasteiger partial charge in [-0.05, 0) is 42.7 Å². The number of halogens is 1. The monoisotopic (exact) mass is 460 g/mol. The molecule has 0 atom stereocenters. The van der Waals surface area contributed by atoms with Crippen molar-refractivity contribution in [1.29, 1.82) is 0 Å². The van der Waals surface area contributed by atoms with Crippen LogP contribution >= 0.6 is 0 Å². The molecule has 0 saturated heterocycles. The molecular formula is C30H49FO2. The van der Waals surface area contributed by atoms with Crippen LogP contribution in [0.2, 0.25) is 0 Å². The van der Waals surface area contributed by atoms with Crippen LogP contribution in [0.3, 0.4) is 0 Å². The maximum absolute atomic E-state index is 14.4. The summed E-state index contributed by atoms with van der Waals surface area (Å²) < 4.78 is 19.8. The van der Waals surface area contributed by atoms with Gasteiger partial charge in [-0.3, -0.25) is 4.79 Å². The zero-order chi connectivity index (χ0) is 23.7. The van der Waals surface area contributed by atoms with E-state index in [1.165, 1.54) is 96.0 Å². The van der Waals surface area contributed by atoms with Crippen molar-refractivity contribution in [3.8, 4) is 5.75 Å². The van der Waals surface area contributed by atoms with Crippen LogP contribution < -0.4 is 4.74 Å². The Kier molecular flexibility index (Phi) is 14.4. The van der Waals surface area contributed by atoms with Crippen LogP contribution in [0.15, 0.2) is 18.2 Å². The highest BCUT2D eigenvalue weighted by atomic mass is 19.1. The number of hydrogen-bond donors (Lipinski definition) is 0. The van der Waals surface area contributed by atoms with Crippen molar-refractivity contribution in [1.82, 2.24) is 0 Å². The van der Waals surface area contributed by atoms with E-state index in [9.17, 15) is 9.18 Å². The van der Waals surface area contributed by atoms with E-state index in [-0.39, 0.29) is 11.8 Å². The Morgan fingerprint density at radius 2 is 1.39 bits per heavy atom. The number of carbonyl (C=O) groups is 1. The molecule has 2 nitrogen and oxygen atoms in total. The van der Waals surface area contributed by atoms with Gasteiger partial charge in [0.2, 0.25) is 0 Å². The lowest BCUT2D eigenvalue weighted by Gasteiger charge is -2.28. The molecule has 2 rings (SSSR count). The van der Waals surface area contributed by atoms with E-state index in [0.29, 0.717) is 18.1 Å². The SMILES string of the molecule is CCCCCCCC[C@H]1CC[C@H](CCC(=O)Oc2ccc(CCCCCCC)c(F)c2)CC1. The Morgan fingerprint density at radius 1 is 0.818 bits per heavy atom. The van der Waals surface area contributed by atoms with Crippen LogP contribution in [0.4, 0.5) is 4.39 Å². The molecule has 1 aliphatic rings. The second kappa shape index (κ2) is 17.1. The highest BCUT2D eigenvalue weighted by molar-refractivity contribution is 5.72. The van der Waals surface area contributed by atoms with Gasteiger partial charge in [-0.2, -0.15) is 0 Å². The van der Waals surface area contributed by atoms with E-state index in [4.69, 9.17) is 4.74 Å². The summed E-state index contributed by atoms with van der Waals surface area (Å²) >= 11 is 0. The van der Waals surface area contributed by atoms with Crippen molar-refractivity contribution < 1.29 is 13.9 Å². The van der Waals surface area contributed by atoms with E-state index in [1.807, 2.05) is 0 Å². The van der Waals surface area contributed by atoms with E-state index < -0.39 is 0 Å². The molecule has 33 heavy (non-hydrogen) atoms. The molecule has 3 heteroatoms. The lowest BCUT2D eigenvalue weighted by atomic mass is 9.78. The minimum Gasteiger partial charge on any atom is -0.426 e. The average Bonchev–Trinajstić information content (AvgIpc) is 2.82. The van der Waals surface area contributed by atoms with Gasteiger partial charge in [-0.1, -0.05) is 116 Å². The second-order valence-corrected chi connectivity index (χ2v) is 10.4. The van der Waals surface area contributed by atoms with Gasteiger partial charge in [0.15, 0.2) is 0 Å². The van der Waals surface area contributed by atoms with Crippen LogP contribution in [0.1, 0.15) is 135 Å². The molecular weight excluding hydrogens is 411 g/mol. The first-order valence-corrected chi connectivity index (χ1v) is 14.1. The Labute approximate surface area is 203 Å². The maximum atomic E-state index is 14.4. The van der Waals surface area contributed by atoms with Crippen molar-refractivity contribution in [2.45, 2.75) is 136 Å². The van der Waals surface area contributed by atoms with Gasteiger partial charge >= 0.3 is 5.97 Å². The quantitative estimate of drug-likeness (QED) is 0.131. The molecule has 0 unspecified atom stereocenters. The normalized spacial score (nSPS) is 18.4. The summed E-state index contributed by atoms with van der Waals surface area (Å²) in [4.78, 5) is 12.3. The molecule has 1 aromatic rings. The molecule has 0 spiro atoms. The van der Waals surface area contributed by atoms with Gasteiger partial charge in [0, 0.05) is 12.5 Å². The standard InChI is InChI=1S/C30H49FO2/c1-3-5-7-9-11-12-14-25-16-18-26(19-17-25)20-23-30(32)33-28-22-21-27(29(31)24-28)15-13-10-8-6-4-2/h21-22,24-26H,3-20,23H2,1-2H3/t25-,26-. The van der Waals surface area contributed by atoms with Gasteiger partial charge < -0.3 is 4.74 Å². The summed E-state index contributed by atoms with van der Waals surface area (Å²) in [6, 6.07) is 4.91. The van der Waals surface area contributed by atoms with Crippen molar-refractivity contribution in [2.75, 3.05) is 0 Å². The van der Waals surface area contributed by atoms with E-state index >= 15 is 0 Å². The summed E-state index contributed by atoms with van der Waals surface area (Å²) in [7, 11) is 0. The summed E-state index contributed by atoms with van der Waals surface area (Å²) in [5.41, 5.74) is 0.726. The van der Waals surface area contributed by atoms with E-state index in [2.05, 4.69) is 13.8 Å². The number of rotatable bonds is 17. The number of hydrogen-bond acceptors (Lipinski definition) is 2. The third-order valence-corrected chi connectivity index (χ3v) is 7.49. The largest absolute Gasteiger partial charge is 0.426 e. The molecule has 1 aromatic carbocycles. The van der Waals surface area contributed by atoms with Crippen LogP contribution in [-0.4, -0.2) is 5.97 Å². The molecule has 1 aliphatic carbocycles. The lowest BCUT2D eigenvalue weighted by molar-refractivity contribution is -0.134. The predicted molar refractivity (Wildman–Crippen MR) is 137 cm³/mol. The Hall–Kier alpha value is -1.38. The molecule has 188 valence electrons. The smallest absolute Gasteiger partial charge is 0.311 e. The Bertz CT molecular complexity index is 649. The summed E-state index contributed by atoms with van der Waals surface area (Å²) in [5.74, 6) is 1.41. The predicted octanol–water partition coefficient (Wildman–Crippen LogP) is 9.58. The molecule has 0 aliphatic heterocycles. The van der Waals surface area contributed by atoms with E-state index in [0.717, 1.165) is 37.2 Å². The average molecular weight is 461 g/mol. The zero-order valence-corrected chi connectivity index (χ0v) is 21.5. The van der Waals surface area contributed by atoms with Gasteiger partial charge in [0.1, 0.15) is 11.6 Å². The third kappa shape index (κ3) is 12.1. The maximum Gasteiger partial charge on any atom is 0.311 e. The Balaban J connectivity index is 1.58. The summed E-state index contributed by atoms with van der Waals surface area (Å²) in [5, 5.41) is 0. The number of esters is 1. The number of aryl methyl sites for hydroxylation is 1. The van der Waals surface area contributed by atoms with Crippen molar-refractivity contribution in [3.05, 3.63) is 29.6 Å². The van der Waals surface area contributed by atoms with Crippen LogP contribution in [0.25, 0.3) is 0 Å². The molecule has 1 fully saturated rings. The summed E-state index contributed by atoms with van der Waals surface area (Å²) in [6.07, 6.45) is 22.7. The van der Waals surface area contributed by atoms with Crippen LogP contribution in [0.5, 0.6) is 5.75 Å². The van der Waals surface area contributed by atoms with Crippen LogP contribution in [0, 0.1) is 17.7 Å². The van der Waals surface area contributed by atoms with Crippen molar-refractivity contribution in [2.24, 2.45) is 11.8 Å². The molecule has 0 heterocycles. The minimum atomic E-state index is -0.250. The first kappa shape index (κ1) is 27.9. The number of ether oxygens (including phenoxy) is 1. The first-order chi connectivity index (χ1) is 16.1.